The van der Waals surface area contributed by atoms with Gasteiger partial charge in [0.2, 0.25) is 0 Å². The number of hydrogen-bond donors (Lipinski definition) is 2. The smallest absolute Gasteiger partial charge is 0.252 e. The molecule has 1 aromatic carbocycles. The number of halogens is 1. The first-order valence-electron chi connectivity index (χ1n) is 6.59. The van der Waals surface area contributed by atoms with Crippen molar-refractivity contribution in [2.24, 2.45) is 11.5 Å². The lowest BCUT2D eigenvalue weighted by molar-refractivity contribution is 0.0990. The number of amides is 1. The molecule has 2 aromatic rings. The third-order valence-corrected chi connectivity index (χ3v) is 4.83. The lowest BCUT2D eigenvalue weighted by Crippen LogP contribution is -2.31. The van der Waals surface area contributed by atoms with Gasteiger partial charge in [0.1, 0.15) is 11.9 Å². The molecule has 0 aliphatic carbocycles. The molecule has 21 heavy (non-hydrogen) atoms. The summed E-state index contributed by atoms with van der Waals surface area (Å²) in [6, 6.07) is 10.7. The van der Waals surface area contributed by atoms with E-state index in [0.717, 1.165) is 15.1 Å². The monoisotopic (exact) mass is 368 g/mol. The summed E-state index contributed by atoms with van der Waals surface area (Å²) < 4.78 is 7.03. The van der Waals surface area contributed by atoms with E-state index in [2.05, 4.69) is 15.9 Å². The molecule has 112 valence electrons. The van der Waals surface area contributed by atoms with E-state index in [1.54, 1.807) is 35.6 Å². The lowest BCUT2D eigenvalue weighted by atomic mass is 10.1. The molecule has 2 unspecified atom stereocenters. The average molecular weight is 369 g/mol. The highest BCUT2D eigenvalue weighted by Gasteiger charge is 2.24. The molecule has 1 heterocycles. The molecule has 0 saturated heterocycles. The third-order valence-electron chi connectivity index (χ3n) is 3.14. The third kappa shape index (κ3) is 3.84. The zero-order valence-electron chi connectivity index (χ0n) is 11.6. The fourth-order valence-corrected chi connectivity index (χ4v) is 3.49. The largest absolute Gasteiger partial charge is 0.482 e. The van der Waals surface area contributed by atoms with E-state index in [4.69, 9.17) is 16.2 Å². The highest BCUT2D eigenvalue weighted by molar-refractivity contribution is 9.11. The van der Waals surface area contributed by atoms with Crippen LogP contribution in [0.1, 0.15) is 34.7 Å². The number of carbonyl (C=O) groups is 1. The van der Waals surface area contributed by atoms with Crippen molar-refractivity contribution in [2.45, 2.75) is 25.5 Å². The maximum absolute atomic E-state index is 11.5. The van der Waals surface area contributed by atoms with Gasteiger partial charge in [0, 0.05) is 10.9 Å². The van der Waals surface area contributed by atoms with Crippen LogP contribution in [0.3, 0.4) is 0 Å². The van der Waals surface area contributed by atoms with Crippen LogP contribution in [0, 0.1) is 0 Å². The zero-order valence-corrected chi connectivity index (χ0v) is 14.0. The molecule has 0 bridgehead atoms. The molecule has 4 nitrogen and oxygen atoms in total. The van der Waals surface area contributed by atoms with Crippen molar-refractivity contribution in [3.8, 4) is 5.75 Å². The number of benzene rings is 1. The highest BCUT2D eigenvalue weighted by Crippen LogP contribution is 2.33. The fourth-order valence-electron chi connectivity index (χ4n) is 1.96. The van der Waals surface area contributed by atoms with Gasteiger partial charge < -0.3 is 16.2 Å². The highest BCUT2D eigenvalue weighted by atomic mass is 79.9. The van der Waals surface area contributed by atoms with E-state index in [-0.39, 0.29) is 12.1 Å². The van der Waals surface area contributed by atoms with Crippen molar-refractivity contribution >= 4 is 33.2 Å². The minimum Gasteiger partial charge on any atom is -0.482 e. The van der Waals surface area contributed by atoms with E-state index in [0.29, 0.717) is 11.3 Å². The number of nitrogens with two attached hydrogens (primary N) is 2. The second-order valence-corrected chi connectivity index (χ2v) is 7.11. The topological polar surface area (TPSA) is 78.3 Å². The van der Waals surface area contributed by atoms with Crippen LogP contribution in [0.2, 0.25) is 0 Å². The molecule has 6 heteroatoms. The van der Waals surface area contributed by atoms with Gasteiger partial charge in [-0.15, -0.1) is 11.3 Å². The number of para-hydroxylation sites is 1. The van der Waals surface area contributed by atoms with Crippen molar-refractivity contribution in [1.82, 2.24) is 0 Å². The summed E-state index contributed by atoms with van der Waals surface area (Å²) >= 11 is 5.01. The van der Waals surface area contributed by atoms with Gasteiger partial charge in [-0.1, -0.05) is 19.1 Å². The summed E-state index contributed by atoms with van der Waals surface area (Å²) in [5, 5.41) is 0. The van der Waals surface area contributed by atoms with Gasteiger partial charge in [-0.3, -0.25) is 4.79 Å². The summed E-state index contributed by atoms with van der Waals surface area (Å²) in [7, 11) is 0. The Morgan fingerprint density at radius 2 is 2.05 bits per heavy atom. The molecule has 1 amide bonds. The molecular formula is C15H17BrN2O2S. The minimum absolute atomic E-state index is 0.170. The van der Waals surface area contributed by atoms with Crippen LogP contribution in [-0.4, -0.2) is 11.9 Å². The molecular weight excluding hydrogens is 352 g/mol. The second kappa shape index (κ2) is 7.06. The summed E-state index contributed by atoms with van der Waals surface area (Å²) in [5.41, 5.74) is 11.9. The van der Waals surface area contributed by atoms with Crippen molar-refractivity contribution in [2.75, 3.05) is 0 Å². The maximum atomic E-state index is 11.5. The van der Waals surface area contributed by atoms with Crippen LogP contribution in [0.5, 0.6) is 5.75 Å². The van der Waals surface area contributed by atoms with Crippen LogP contribution in [0.15, 0.2) is 40.2 Å². The molecule has 0 aliphatic heterocycles. The number of ether oxygens (including phenoxy) is 1. The van der Waals surface area contributed by atoms with E-state index in [9.17, 15) is 4.79 Å². The Morgan fingerprint density at radius 3 is 2.62 bits per heavy atom. The van der Waals surface area contributed by atoms with Gasteiger partial charge in [-0.05, 0) is 46.6 Å². The molecule has 0 fully saturated rings. The van der Waals surface area contributed by atoms with Crippen LogP contribution in [0.25, 0.3) is 0 Å². The number of carbonyl (C=O) groups excluding carboxylic acids is 1. The first-order chi connectivity index (χ1) is 10.0. The van der Waals surface area contributed by atoms with E-state index >= 15 is 0 Å². The van der Waals surface area contributed by atoms with Crippen LogP contribution in [0.4, 0.5) is 0 Å². The van der Waals surface area contributed by atoms with Crippen molar-refractivity contribution in [3.05, 3.63) is 50.6 Å². The Hall–Kier alpha value is -1.37. The van der Waals surface area contributed by atoms with Gasteiger partial charge in [-0.25, -0.2) is 0 Å². The maximum Gasteiger partial charge on any atom is 0.252 e. The summed E-state index contributed by atoms with van der Waals surface area (Å²) in [5.74, 6) is -0.0507. The normalized spacial score (nSPS) is 13.7. The minimum atomic E-state index is -0.512. The molecule has 1 aromatic heterocycles. The lowest BCUT2D eigenvalue weighted by Gasteiger charge is -2.24. The molecule has 0 radical (unpaired) electrons. The predicted octanol–water partition coefficient (Wildman–Crippen LogP) is 3.47. The fraction of sp³-hybridized carbons (Fsp3) is 0.267. The summed E-state index contributed by atoms with van der Waals surface area (Å²) in [6.07, 6.45) is 0.450. The molecule has 0 spiro atoms. The molecule has 0 saturated carbocycles. The van der Waals surface area contributed by atoms with E-state index in [1.165, 1.54) is 0 Å². The second-order valence-electron chi connectivity index (χ2n) is 4.61. The Bertz CT molecular complexity index is 630. The van der Waals surface area contributed by atoms with Crippen molar-refractivity contribution < 1.29 is 9.53 Å². The van der Waals surface area contributed by atoms with Crippen molar-refractivity contribution in [3.63, 3.8) is 0 Å². The predicted molar refractivity (Wildman–Crippen MR) is 88.6 cm³/mol. The van der Waals surface area contributed by atoms with E-state index in [1.807, 2.05) is 19.1 Å². The summed E-state index contributed by atoms with van der Waals surface area (Å²) in [4.78, 5) is 12.5. The molecule has 0 aliphatic rings. The van der Waals surface area contributed by atoms with Gasteiger partial charge in [0.05, 0.1) is 9.35 Å². The van der Waals surface area contributed by atoms with Gasteiger partial charge in [0.25, 0.3) is 5.91 Å². The zero-order chi connectivity index (χ0) is 15.4. The standard InChI is InChI=1S/C15H17BrN2O2S/c1-2-10(17)14(12-7-8-13(16)21-12)20-11-6-4-3-5-9(11)15(18)19/h3-8,10,14H,2,17H2,1H3,(H2,18,19). The SMILES string of the molecule is CCC(N)C(Oc1ccccc1C(N)=O)c1ccc(Br)s1. The first-order valence-corrected chi connectivity index (χ1v) is 8.20. The van der Waals surface area contributed by atoms with Gasteiger partial charge in [-0.2, -0.15) is 0 Å². The Kier molecular flexibility index (Phi) is 5.39. The van der Waals surface area contributed by atoms with Gasteiger partial charge in [0.15, 0.2) is 0 Å². The Labute approximate surface area is 136 Å². The summed E-state index contributed by atoms with van der Waals surface area (Å²) in [6.45, 7) is 2.00. The quantitative estimate of drug-likeness (QED) is 0.819. The molecule has 2 rings (SSSR count). The average Bonchev–Trinajstić information content (AvgIpc) is 2.90. The molecule has 4 N–H and O–H groups in total. The Balaban J connectivity index is 2.34. The van der Waals surface area contributed by atoms with E-state index < -0.39 is 5.91 Å². The number of thiophene rings is 1. The number of hydrogen-bond acceptors (Lipinski definition) is 4. The molecule has 2 atom stereocenters. The van der Waals surface area contributed by atoms with Gasteiger partial charge >= 0.3 is 0 Å². The van der Waals surface area contributed by atoms with Crippen molar-refractivity contribution in [1.29, 1.82) is 0 Å². The van der Waals surface area contributed by atoms with Crippen LogP contribution >= 0.6 is 27.3 Å². The van der Waals surface area contributed by atoms with Crippen LogP contribution < -0.4 is 16.2 Å². The number of primary amides is 1. The first kappa shape index (κ1) is 16.0. The van der Waals surface area contributed by atoms with Crippen LogP contribution in [-0.2, 0) is 0 Å². The Morgan fingerprint density at radius 1 is 1.33 bits per heavy atom. The number of rotatable bonds is 6.